The van der Waals surface area contributed by atoms with Crippen LogP contribution in [-0.2, 0) is 11.3 Å². The molecule has 1 saturated heterocycles. The average molecular weight is 460 g/mol. The van der Waals surface area contributed by atoms with Gasteiger partial charge < -0.3 is 20.6 Å². The van der Waals surface area contributed by atoms with Crippen molar-refractivity contribution < 1.29 is 9.90 Å². The second kappa shape index (κ2) is 8.34. The van der Waals surface area contributed by atoms with Gasteiger partial charge >= 0.3 is 0 Å². The predicted octanol–water partition coefficient (Wildman–Crippen LogP) is 2.42. The third-order valence-electron chi connectivity index (χ3n) is 4.88. The van der Waals surface area contributed by atoms with Crippen molar-refractivity contribution in [3.8, 4) is 0 Å². The Morgan fingerprint density at radius 3 is 2.83 bits per heavy atom. The van der Waals surface area contributed by atoms with Crippen molar-refractivity contribution in [3.05, 3.63) is 40.5 Å². The standard InChI is InChI=1S/C19H22BrN7O2/c1-12(29)23-14-6-4-13(5-7-14)9-21-18-25-19(26-8-2-3-15(26)11-28)24-17-16(20)10-22-27(17)18/h4-7,10,15,28H,2-3,8-9,11H2,1H3,(H,23,29)(H,21,24,25)/t15-/m0/s1. The fraction of sp³-hybridized carbons (Fsp3) is 0.368. The molecule has 1 aliphatic heterocycles. The minimum absolute atomic E-state index is 0.0355. The minimum atomic E-state index is -0.0980. The summed E-state index contributed by atoms with van der Waals surface area (Å²) in [6, 6.07) is 7.64. The number of benzene rings is 1. The smallest absolute Gasteiger partial charge is 0.231 e. The van der Waals surface area contributed by atoms with E-state index in [0.29, 0.717) is 24.1 Å². The number of nitrogens with one attached hydrogen (secondary N) is 2. The number of aliphatic hydroxyl groups is 1. The van der Waals surface area contributed by atoms with E-state index in [-0.39, 0.29) is 18.6 Å². The highest BCUT2D eigenvalue weighted by Gasteiger charge is 2.27. The second-order valence-electron chi connectivity index (χ2n) is 6.98. The Morgan fingerprint density at radius 1 is 1.31 bits per heavy atom. The number of carbonyl (C=O) groups excluding carboxylic acids is 1. The number of fused-ring (bicyclic) bond motifs is 1. The van der Waals surface area contributed by atoms with Crippen LogP contribution < -0.4 is 15.5 Å². The molecule has 1 atom stereocenters. The van der Waals surface area contributed by atoms with E-state index in [0.717, 1.165) is 35.1 Å². The molecule has 0 aliphatic carbocycles. The maximum Gasteiger partial charge on any atom is 0.231 e. The molecule has 3 aromatic rings. The number of hydrogen-bond donors (Lipinski definition) is 3. The molecule has 0 unspecified atom stereocenters. The third kappa shape index (κ3) is 4.18. The highest BCUT2D eigenvalue weighted by atomic mass is 79.9. The van der Waals surface area contributed by atoms with Crippen LogP contribution in [0.15, 0.2) is 34.9 Å². The molecule has 9 nitrogen and oxygen atoms in total. The third-order valence-corrected chi connectivity index (χ3v) is 5.44. The van der Waals surface area contributed by atoms with Gasteiger partial charge in [-0.2, -0.15) is 19.6 Å². The summed E-state index contributed by atoms with van der Waals surface area (Å²) in [7, 11) is 0. The Hall–Kier alpha value is -2.72. The Morgan fingerprint density at radius 2 is 2.10 bits per heavy atom. The van der Waals surface area contributed by atoms with E-state index < -0.39 is 0 Å². The predicted molar refractivity (Wildman–Crippen MR) is 114 cm³/mol. The van der Waals surface area contributed by atoms with Crippen LogP contribution in [0.2, 0.25) is 0 Å². The number of nitrogens with zero attached hydrogens (tertiary/aromatic N) is 5. The van der Waals surface area contributed by atoms with Crippen LogP contribution in [0, 0.1) is 0 Å². The number of hydrogen-bond acceptors (Lipinski definition) is 7. The van der Waals surface area contributed by atoms with E-state index >= 15 is 0 Å². The van der Waals surface area contributed by atoms with Gasteiger partial charge in [-0.05, 0) is 46.5 Å². The monoisotopic (exact) mass is 459 g/mol. The number of aliphatic hydroxyl groups excluding tert-OH is 1. The quantitative estimate of drug-likeness (QED) is 0.519. The first-order valence-electron chi connectivity index (χ1n) is 9.44. The van der Waals surface area contributed by atoms with Crippen molar-refractivity contribution in [2.24, 2.45) is 0 Å². The van der Waals surface area contributed by atoms with Gasteiger partial charge in [-0.3, -0.25) is 4.79 Å². The van der Waals surface area contributed by atoms with Gasteiger partial charge in [0.25, 0.3) is 0 Å². The largest absolute Gasteiger partial charge is 0.394 e. The first-order chi connectivity index (χ1) is 14.0. The summed E-state index contributed by atoms with van der Waals surface area (Å²) in [5.41, 5.74) is 2.46. The van der Waals surface area contributed by atoms with Crippen LogP contribution in [0.3, 0.4) is 0 Å². The molecule has 3 heterocycles. The number of halogens is 1. The number of rotatable bonds is 6. The molecule has 1 aromatic carbocycles. The van der Waals surface area contributed by atoms with Gasteiger partial charge in [0, 0.05) is 25.7 Å². The molecule has 1 amide bonds. The van der Waals surface area contributed by atoms with Crippen molar-refractivity contribution in [2.75, 3.05) is 28.7 Å². The Labute approximate surface area is 176 Å². The van der Waals surface area contributed by atoms with E-state index in [4.69, 9.17) is 0 Å². The summed E-state index contributed by atoms with van der Waals surface area (Å²) in [5.74, 6) is 1.06. The molecular formula is C19H22BrN7O2. The first kappa shape index (κ1) is 19.6. The Kier molecular flexibility index (Phi) is 5.63. The molecule has 10 heteroatoms. The molecule has 4 rings (SSSR count). The van der Waals surface area contributed by atoms with Crippen LogP contribution in [0.4, 0.5) is 17.6 Å². The van der Waals surface area contributed by atoms with E-state index in [1.54, 1.807) is 10.7 Å². The lowest BCUT2D eigenvalue weighted by Crippen LogP contribution is -2.34. The van der Waals surface area contributed by atoms with Crippen molar-refractivity contribution >= 4 is 45.1 Å². The van der Waals surface area contributed by atoms with E-state index in [1.165, 1.54) is 6.92 Å². The summed E-state index contributed by atoms with van der Waals surface area (Å²) in [4.78, 5) is 22.5. The summed E-state index contributed by atoms with van der Waals surface area (Å²) in [6.07, 6.45) is 3.62. The van der Waals surface area contributed by atoms with Gasteiger partial charge in [0.2, 0.25) is 17.8 Å². The van der Waals surface area contributed by atoms with Gasteiger partial charge in [-0.1, -0.05) is 12.1 Å². The topological polar surface area (TPSA) is 108 Å². The Bertz CT molecular complexity index is 1020. The van der Waals surface area contributed by atoms with Gasteiger partial charge in [0.15, 0.2) is 5.65 Å². The van der Waals surface area contributed by atoms with Crippen LogP contribution in [0.25, 0.3) is 5.65 Å². The van der Waals surface area contributed by atoms with E-state index in [9.17, 15) is 9.90 Å². The van der Waals surface area contributed by atoms with Crippen LogP contribution in [0.5, 0.6) is 0 Å². The number of carbonyl (C=O) groups is 1. The number of amides is 1. The molecule has 0 spiro atoms. The zero-order valence-electron chi connectivity index (χ0n) is 16.0. The molecule has 0 saturated carbocycles. The van der Waals surface area contributed by atoms with Gasteiger partial charge in [0.1, 0.15) is 0 Å². The lowest BCUT2D eigenvalue weighted by atomic mass is 10.2. The summed E-state index contributed by atoms with van der Waals surface area (Å²) >= 11 is 3.50. The molecule has 0 bridgehead atoms. The van der Waals surface area contributed by atoms with E-state index in [2.05, 4.69) is 41.6 Å². The van der Waals surface area contributed by atoms with Crippen LogP contribution >= 0.6 is 15.9 Å². The normalized spacial score (nSPS) is 16.4. The molecule has 0 radical (unpaired) electrons. The fourth-order valence-corrected chi connectivity index (χ4v) is 3.81. The summed E-state index contributed by atoms with van der Waals surface area (Å²) in [5, 5.41) is 20.1. The van der Waals surface area contributed by atoms with Crippen molar-refractivity contribution in [1.82, 2.24) is 19.6 Å². The van der Waals surface area contributed by atoms with Gasteiger partial charge in [0.05, 0.1) is 23.3 Å². The highest BCUT2D eigenvalue weighted by molar-refractivity contribution is 9.10. The Balaban J connectivity index is 1.58. The molecule has 29 heavy (non-hydrogen) atoms. The van der Waals surface area contributed by atoms with Crippen LogP contribution in [0.1, 0.15) is 25.3 Å². The minimum Gasteiger partial charge on any atom is -0.394 e. The second-order valence-corrected chi connectivity index (χ2v) is 7.83. The summed E-state index contributed by atoms with van der Waals surface area (Å²) < 4.78 is 2.44. The highest BCUT2D eigenvalue weighted by Crippen LogP contribution is 2.26. The number of anilines is 3. The van der Waals surface area contributed by atoms with Crippen molar-refractivity contribution in [2.45, 2.75) is 32.4 Å². The average Bonchev–Trinajstić information content (AvgIpc) is 3.33. The number of aromatic nitrogens is 4. The molecule has 152 valence electrons. The van der Waals surface area contributed by atoms with Crippen molar-refractivity contribution in [3.63, 3.8) is 0 Å². The first-order valence-corrected chi connectivity index (χ1v) is 10.2. The lowest BCUT2D eigenvalue weighted by molar-refractivity contribution is -0.114. The zero-order valence-corrected chi connectivity index (χ0v) is 17.6. The fourth-order valence-electron chi connectivity index (χ4n) is 3.46. The molecule has 1 fully saturated rings. The lowest BCUT2D eigenvalue weighted by Gasteiger charge is -2.23. The van der Waals surface area contributed by atoms with E-state index in [1.807, 2.05) is 29.2 Å². The zero-order chi connectivity index (χ0) is 20.4. The van der Waals surface area contributed by atoms with Crippen LogP contribution in [-0.4, -0.2) is 49.8 Å². The maximum absolute atomic E-state index is 11.2. The van der Waals surface area contributed by atoms with Gasteiger partial charge in [-0.15, -0.1) is 0 Å². The summed E-state index contributed by atoms with van der Waals surface area (Å²) in [6.45, 7) is 2.92. The van der Waals surface area contributed by atoms with Gasteiger partial charge in [-0.25, -0.2) is 0 Å². The maximum atomic E-state index is 11.2. The molecular weight excluding hydrogens is 438 g/mol. The van der Waals surface area contributed by atoms with Crippen molar-refractivity contribution in [1.29, 1.82) is 0 Å². The molecule has 1 aliphatic rings. The molecule has 2 aromatic heterocycles. The SMILES string of the molecule is CC(=O)Nc1ccc(CNc2nc(N3CCC[C@H]3CO)nc3c(Br)cnn23)cc1. The molecule has 3 N–H and O–H groups in total.